The topological polar surface area (TPSA) is 12.0 Å². The first-order valence-corrected chi connectivity index (χ1v) is 7.74. The summed E-state index contributed by atoms with van der Waals surface area (Å²) < 4.78 is 24.4. The Hall–Kier alpha value is -0.770. The van der Waals surface area contributed by atoms with Crippen molar-refractivity contribution < 1.29 is 8.78 Å². The van der Waals surface area contributed by atoms with Gasteiger partial charge in [0, 0.05) is 16.6 Å². The van der Waals surface area contributed by atoms with Gasteiger partial charge < -0.3 is 5.32 Å². The van der Waals surface area contributed by atoms with Crippen LogP contribution in [0.3, 0.4) is 0 Å². The van der Waals surface area contributed by atoms with E-state index in [9.17, 15) is 8.78 Å². The second-order valence-corrected chi connectivity index (χ2v) is 6.58. The molecule has 3 atom stereocenters. The van der Waals surface area contributed by atoms with Gasteiger partial charge in [-0.2, -0.15) is 8.78 Å². The molecular weight excluding hydrogens is 264 g/mol. The quantitative estimate of drug-likeness (QED) is 0.759. The summed E-state index contributed by atoms with van der Waals surface area (Å²) in [4.78, 5) is 0.617. The number of hydrogen-bond donors (Lipinski definition) is 1. The van der Waals surface area contributed by atoms with Crippen molar-refractivity contribution in [1.29, 1.82) is 0 Å². The highest BCUT2D eigenvalue weighted by Gasteiger charge is 2.24. The molecule has 4 heteroatoms. The zero-order valence-corrected chi connectivity index (χ0v) is 12.2. The molecule has 19 heavy (non-hydrogen) atoms. The fourth-order valence-electron chi connectivity index (χ4n) is 2.65. The standard InChI is InChI=1S/C15H21F2NS/c1-10-3-4-13(9-11(10)2)18-12-5-7-14(8-6-12)19-15(16)17/h5-8,10-11,13,15,18H,3-4,9H2,1-2H3. The highest BCUT2D eigenvalue weighted by atomic mass is 32.2. The Morgan fingerprint density at radius 1 is 1.11 bits per heavy atom. The molecule has 0 heterocycles. The van der Waals surface area contributed by atoms with Crippen molar-refractivity contribution in [3.8, 4) is 0 Å². The molecular formula is C15H21F2NS. The molecule has 1 N–H and O–H groups in total. The number of rotatable bonds is 4. The molecule has 1 aromatic carbocycles. The lowest BCUT2D eigenvalue weighted by Crippen LogP contribution is -2.30. The van der Waals surface area contributed by atoms with E-state index in [0.717, 1.165) is 17.5 Å². The predicted molar refractivity (Wildman–Crippen MR) is 77.9 cm³/mol. The maximum atomic E-state index is 12.2. The minimum atomic E-state index is -2.35. The summed E-state index contributed by atoms with van der Waals surface area (Å²) in [6.45, 7) is 4.62. The van der Waals surface area contributed by atoms with Gasteiger partial charge in [0.2, 0.25) is 0 Å². The fourth-order valence-corrected chi connectivity index (χ4v) is 3.15. The molecule has 1 saturated carbocycles. The van der Waals surface area contributed by atoms with E-state index in [4.69, 9.17) is 0 Å². The summed E-state index contributed by atoms with van der Waals surface area (Å²) in [5, 5.41) is 3.52. The molecule has 0 radical (unpaired) electrons. The number of halogens is 2. The van der Waals surface area contributed by atoms with Crippen LogP contribution in [0.15, 0.2) is 29.2 Å². The van der Waals surface area contributed by atoms with Crippen LogP contribution in [0.5, 0.6) is 0 Å². The minimum absolute atomic E-state index is 0.514. The highest BCUT2D eigenvalue weighted by molar-refractivity contribution is 7.99. The van der Waals surface area contributed by atoms with Crippen LogP contribution >= 0.6 is 11.8 Å². The number of nitrogens with one attached hydrogen (secondary N) is 1. The van der Waals surface area contributed by atoms with Gasteiger partial charge in [0.1, 0.15) is 0 Å². The first kappa shape index (κ1) is 14.6. The van der Waals surface area contributed by atoms with Crippen molar-refractivity contribution in [2.45, 2.75) is 49.8 Å². The van der Waals surface area contributed by atoms with Crippen molar-refractivity contribution in [3.05, 3.63) is 24.3 Å². The van der Waals surface area contributed by atoms with Crippen LogP contribution in [0.25, 0.3) is 0 Å². The number of alkyl halides is 2. The largest absolute Gasteiger partial charge is 0.382 e. The molecule has 0 saturated heterocycles. The van der Waals surface area contributed by atoms with Gasteiger partial charge in [0.05, 0.1) is 0 Å². The summed E-state index contributed by atoms with van der Waals surface area (Å²) in [5.41, 5.74) is 1.03. The Labute approximate surface area is 118 Å². The van der Waals surface area contributed by atoms with E-state index in [0.29, 0.717) is 22.7 Å². The first-order chi connectivity index (χ1) is 9.04. The molecule has 3 unspecified atom stereocenters. The lowest BCUT2D eigenvalue weighted by Gasteiger charge is -2.33. The summed E-state index contributed by atoms with van der Waals surface area (Å²) in [7, 11) is 0. The van der Waals surface area contributed by atoms with Crippen LogP contribution in [0.1, 0.15) is 33.1 Å². The van der Waals surface area contributed by atoms with Crippen molar-refractivity contribution in [1.82, 2.24) is 0 Å². The molecule has 1 nitrogen and oxygen atoms in total. The number of thioether (sulfide) groups is 1. The molecule has 1 fully saturated rings. The van der Waals surface area contributed by atoms with E-state index < -0.39 is 5.76 Å². The zero-order chi connectivity index (χ0) is 13.8. The van der Waals surface area contributed by atoms with Crippen molar-refractivity contribution >= 4 is 17.4 Å². The van der Waals surface area contributed by atoms with Crippen molar-refractivity contribution in [2.24, 2.45) is 11.8 Å². The van der Waals surface area contributed by atoms with Gasteiger partial charge >= 0.3 is 0 Å². The van der Waals surface area contributed by atoms with E-state index in [-0.39, 0.29) is 0 Å². The molecule has 1 aliphatic rings. The minimum Gasteiger partial charge on any atom is -0.382 e. The summed E-state index contributed by atoms with van der Waals surface area (Å²) in [6.07, 6.45) is 3.64. The normalized spacial score (nSPS) is 27.5. The Bertz CT molecular complexity index is 394. The van der Waals surface area contributed by atoms with Gasteiger partial charge in [-0.15, -0.1) is 0 Å². The van der Waals surface area contributed by atoms with Crippen molar-refractivity contribution in [3.63, 3.8) is 0 Å². The van der Waals surface area contributed by atoms with Crippen LogP contribution in [-0.2, 0) is 0 Å². The van der Waals surface area contributed by atoms with E-state index >= 15 is 0 Å². The molecule has 0 spiro atoms. The predicted octanol–water partition coefficient (Wildman–Crippen LogP) is 5.24. The summed E-state index contributed by atoms with van der Waals surface area (Å²) in [5.74, 6) is -0.790. The van der Waals surface area contributed by atoms with E-state index in [1.54, 1.807) is 12.1 Å². The van der Waals surface area contributed by atoms with E-state index in [2.05, 4.69) is 19.2 Å². The molecule has 1 aromatic rings. The smallest absolute Gasteiger partial charge is 0.288 e. The van der Waals surface area contributed by atoms with Crippen LogP contribution < -0.4 is 5.32 Å². The van der Waals surface area contributed by atoms with Crippen LogP contribution in [0.2, 0.25) is 0 Å². The second kappa shape index (κ2) is 6.60. The number of benzene rings is 1. The average Bonchev–Trinajstić information content (AvgIpc) is 2.36. The van der Waals surface area contributed by atoms with Crippen LogP contribution in [0.4, 0.5) is 14.5 Å². The Balaban J connectivity index is 1.89. The summed E-state index contributed by atoms with van der Waals surface area (Å²) in [6, 6.07) is 7.82. The lowest BCUT2D eigenvalue weighted by molar-refractivity contribution is 0.252. The monoisotopic (exact) mass is 285 g/mol. The van der Waals surface area contributed by atoms with Crippen LogP contribution in [-0.4, -0.2) is 11.8 Å². The van der Waals surface area contributed by atoms with Gasteiger partial charge in [0.15, 0.2) is 0 Å². The maximum absolute atomic E-state index is 12.2. The third-order valence-electron chi connectivity index (χ3n) is 4.05. The van der Waals surface area contributed by atoms with Crippen LogP contribution in [0, 0.1) is 11.8 Å². The SMILES string of the molecule is CC1CCC(Nc2ccc(SC(F)F)cc2)CC1C. The fraction of sp³-hybridized carbons (Fsp3) is 0.600. The molecule has 0 aromatic heterocycles. The molecule has 2 rings (SSSR count). The van der Waals surface area contributed by atoms with Gasteiger partial charge in [-0.1, -0.05) is 25.6 Å². The molecule has 0 aliphatic heterocycles. The van der Waals surface area contributed by atoms with E-state index in [1.807, 2.05) is 12.1 Å². The maximum Gasteiger partial charge on any atom is 0.288 e. The molecule has 0 bridgehead atoms. The number of hydrogen-bond acceptors (Lipinski definition) is 2. The first-order valence-electron chi connectivity index (χ1n) is 6.86. The van der Waals surface area contributed by atoms with E-state index in [1.165, 1.54) is 19.3 Å². The van der Waals surface area contributed by atoms with Gasteiger partial charge in [-0.3, -0.25) is 0 Å². The highest BCUT2D eigenvalue weighted by Crippen LogP contribution is 2.32. The Morgan fingerprint density at radius 2 is 1.79 bits per heavy atom. The molecule has 0 amide bonds. The number of anilines is 1. The van der Waals surface area contributed by atoms with Gasteiger partial charge in [0.25, 0.3) is 5.76 Å². The second-order valence-electron chi connectivity index (χ2n) is 5.51. The lowest BCUT2D eigenvalue weighted by atomic mass is 9.79. The van der Waals surface area contributed by atoms with Crippen molar-refractivity contribution in [2.75, 3.05) is 5.32 Å². The average molecular weight is 285 g/mol. The Kier molecular flexibility index (Phi) is 5.08. The van der Waals surface area contributed by atoms with Gasteiger partial charge in [-0.25, -0.2) is 0 Å². The molecule has 1 aliphatic carbocycles. The summed E-state index contributed by atoms with van der Waals surface area (Å²) >= 11 is 0.593. The Morgan fingerprint density at radius 3 is 2.37 bits per heavy atom. The zero-order valence-electron chi connectivity index (χ0n) is 11.4. The third-order valence-corrected chi connectivity index (χ3v) is 4.77. The molecule has 106 valence electrons. The third kappa shape index (κ3) is 4.37. The van der Waals surface area contributed by atoms with Gasteiger partial charge in [-0.05, 0) is 55.4 Å².